The zero-order valence-electron chi connectivity index (χ0n) is 17.4. The number of halogens is 3. The average Bonchev–Trinajstić information content (AvgIpc) is 3.36. The fourth-order valence-electron chi connectivity index (χ4n) is 3.30. The normalized spacial score (nSPS) is 12.0. The van der Waals surface area contributed by atoms with Gasteiger partial charge in [0.15, 0.2) is 11.5 Å². The number of fused-ring (bicyclic) bond motifs is 1. The summed E-state index contributed by atoms with van der Waals surface area (Å²) >= 11 is 1.18. The molecule has 8 nitrogen and oxygen atoms in total. The smallest absolute Gasteiger partial charge is 0.389 e. The molecule has 0 saturated carbocycles. The first kappa shape index (κ1) is 22.8. The van der Waals surface area contributed by atoms with Gasteiger partial charge in [-0.2, -0.15) is 18.4 Å². The summed E-state index contributed by atoms with van der Waals surface area (Å²) in [7, 11) is 1.46. The first-order valence-electron chi connectivity index (χ1n) is 9.57. The van der Waals surface area contributed by atoms with Crippen molar-refractivity contribution in [2.24, 2.45) is 17.9 Å². The van der Waals surface area contributed by atoms with Crippen LogP contribution in [-0.4, -0.2) is 21.4 Å². The van der Waals surface area contributed by atoms with Crippen LogP contribution in [0.25, 0.3) is 21.5 Å². The molecule has 172 valence electrons. The van der Waals surface area contributed by atoms with Crippen LogP contribution >= 0.6 is 11.3 Å². The number of nitrogen functional groups attached to an aromatic ring is 1. The Kier molecular flexibility index (Phi) is 5.72. The van der Waals surface area contributed by atoms with E-state index in [0.717, 1.165) is 6.20 Å². The Morgan fingerprint density at radius 2 is 1.94 bits per heavy atom. The van der Waals surface area contributed by atoms with Crippen LogP contribution in [0.5, 0.6) is 0 Å². The molecule has 0 amide bonds. The highest BCUT2D eigenvalue weighted by Crippen LogP contribution is 2.35. The maximum atomic E-state index is 12.9. The molecular weight excluding hydrogens is 469 g/mol. The van der Waals surface area contributed by atoms with Crippen molar-refractivity contribution in [2.45, 2.75) is 6.18 Å². The minimum atomic E-state index is -4.55. The second-order valence-corrected chi connectivity index (χ2v) is 8.21. The predicted octanol–water partition coefficient (Wildman–Crippen LogP) is 4.25. The van der Waals surface area contributed by atoms with E-state index in [0.29, 0.717) is 21.2 Å². The van der Waals surface area contributed by atoms with E-state index < -0.39 is 17.8 Å². The number of nitrogens with zero attached hydrogens (tertiary/aromatic N) is 4. The molecule has 0 aliphatic rings. The summed E-state index contributed by atoms with van der Waals surface area (Å²) in [5.74, 6) is -0.836. The maximum Gasteiger partial charge on any atom is 0.434 e. The first-order chi connectivity index (χ1) is 16.1. The molecule has 0 saturated heterocycles. The molecule has 0 fully saturated rings. The number of hydrogen-bond donors (Lipinski definition) is 2. The Labute approximate surface area is 194 Å². The Morgan fingerprint density at radius 3 is 2.56 bits per heavy atom. The van der Waals surface area contributed by atoms with Crippen LogP contribution in [0.3, 0.4) is 0 Å². The molecule has 2 aromatic heterocycles. The summed E-state index contributed by atoms with van der Waals surface area (Å²) in [6.45, 7) is 0. The molecule has 2 aromatic carbocycles. The third-order valence-corrected chi connectivity index (χ3v) is 5.89. The second-order valence-electron chi connectivity index (χ2n) is 7.12. The molecule has 0 atom stereocenters. The van der Waals surface area contributed by atoms with Gasteiger partial charge in [-0.05, 0) is 12.1 Å². The van der Waals surface area contributed by atoms with Gasteiger partial charge in [0.25, 0.3) is 0 Å². The Morgan fingerprint density at radius 1 is 1.24 bits per heavy atom. The number of nitriles is 1. The maximum absolute atomic E-state index is 12.9. The molecule has 0 bridgehead atoms. The van der Waals surface area contributed by atoms with Gasteiger partial charge in [0, 0.05) is 34.5 Å². The zero-order valence-corrected chi connectivity index (χ0v) is 18.2. The number of carbonyl (C=O) groups excluding carboxylic acids is 1. The molecule has 4 aromatic rings. The Bertz CT molecular complexity index is 1480. The van der Waals surface area contributed by atoms with Gasteiger partial charge < -0.3 is 20.9 Å². The lowest BCUT2D eigenvalue weighted by molar-refractivity contribution is -0.140. The van der Waals surface area contributed by atoms with Crippen molar-refractivity contribution in [3.05, 3.63) is 71.0 Å². The van der Waals surface area contributed by atoms with Crippen LogP contribution in [0.15, 0.2) is 53.8 Å². The van der Waals surface area contributed by atoms with E-state index in [9.17, 15) is 23.2 Å². The number of imidazole rings is 1. The van der Waals surface area contributed by atoms with Crippen molar-refractivity contribution in [3.63, 3.8) is 0 Å². The topological polar surface area (TPSA) is 132 Å². The van der Waals surface area contributed by atoms with E-state index in [4.69, 9.17) is 16.3 Å². The fourth-order valence-corrected chi connectivity index (χ4v) is 4.25. The SMILES string of the molecule is Cn1cc(C(F)(F)F)nc1-c1ccc(C(N)=NOC(=O)c2cccc3sc(N)c(C#N)c23)cc1. The molecular formula is C22H15F3N6O2S. The van der Waals surface area contributed by atoms with Crippen LogP contribution < -0.4 is 11.5 Å². The van der Waals surface area contributed by atoms with E-state index in [1.807, 2.05) is 6.07 Å². The second kappa shape index (κ2) is 8.53. The number of anilines is 1. The van der Waals surface area contributed by atoms with E-state index in [-0.39, 0.29) is 27.8 Å². The highest BCUT2D eigenvalue weighted by atomic mass is 32.1. The van der Waals surface area contributed by atoms with Crippen LogP contribution in [0.4, 0.5) is 18.2 Å². The van der Waals surface area contributed by atoms with Crippen molar-refractivity contribution in [2.75, 3.05) is 5.73 Å². The number of rotatable bonds is 4. The van der Waals surface area contributed by atoms with Gasteiger partial charge in [0.1, 0.15) is 16.9 Å². The van der Waals surface area contributed by atoms with Gasteiger partial charge in [-0.3, -0.25) is 0 Å². The summed E-state index contributed by atoms with van der Waals surface area (Å²) in [6, 6.07) is 12.9. The lowest BCUT2D eigenvalue weighted by atomic mass is 10.1. The monoisotopic (exact) mass is 484 g/mol. The van der Waals surface area contributed by atoms with Crippen molar-refractivity contribution in [3.8, 4) is 17.5 Å². The Hall–Kier alpha value is -4.37. The number of benzene rings is 2. The number of oxime groups is 1. The molecule has 0 spiro atoms. The highest BCUT2D eigenvalue weighted by molar-refractivity contribution is 7.23. The van der Waals surface area contributed by atoms with E-state index in [1.165, 1.54) is 53.3 Å². The van der Waals surface area contributed by atoms with Gasteiger partial charge in [-0.15, -0.1) is 11.3 Å². The average molecular weight is 484 g/mol. The predicted molar refractivity (Wildman–Crippen MR) is 121 cm³/mol. The number of aryl methyl sites for hydroxylation is 1. The zero-order chi connectivity index (χ0) is 24.6. The van der Waals surface area contributed by atoms with Crippen LogP contribution in [0.2, 0.25) is 0 Å². The first-order valence-corrected chi connectivity index (χ1v) is 10.4. The summed E-state index contributed by atoms with van der Waals surface area (Å²) in [4.78, 5) is 21.2. The van der Waals surface area contributed by atoms with Crippen molar-refractivity contribution in [1.82, 2.24) is 9.55 Å². The van der Waals surface area contributed by atoms with Crippen molar-refractivity contribution >= 4 is 38.2 Å². The van der Waals surface area contributed by atoms with Crippen molar-refractivity contribution in [1.29, 1.82) is 5.26 Å². The quantitative estimate of drug-likeness (QED) is 0.193. The lowest BCUT2D eigenvalue weighted by Gasteiger charge is -2.05. The molecule has 34 heavy (non-hydrogen) atoms. The summed E-state index contributed by atoms with van der Waals surface area (Å²) < 4.78 is 40.6. The molecule has 2 heterocycles. The van der Waals surface area contributed by atoms with Crippen molar-refractivity contribution < 1.29 is 22.8 Å². The van der Waals surface area contributed by atoms with Gasteiger partial charge >= 0.3 is 12.1 Å². The molecule has 12 heteroatoms. The standard InChI is InChI=1S/C22H15F3N6O2S/c1-31-10-16(22(23,24)25)29-20(31)12-7-5-11(6-8-12)18(27)30-33-21(32)13-3-2-4-15-17(13)14(9-26)19(28)34-15/h2-8,10H,28H2,1H3,(H2,27,30). The summed E-state index contributed by atoms with van der Waals surface area (Å²) in [6.07, 6.45) is -3.65. The molecule has 4 rings (SSSR count). The lowest BCUT2D eigenvalue weighted by Crippen LogP contribution is -2.15. The van der Waals surface area contributed by atoms with Gasteiger partial charge in [-0.25, -0.2) is 9.78 Å². The minimum Gasteiger partial charge on any atom is -0.389 e. The van der Waals surface area contributed by atoms with Gasteiger partial charge in [0.2, 0.25) is 0 Å². The number of aromatic nitrogens is 2. The summed E-state index contributed by atoms with van der Waals surface area (Å²) in [5, 5.41) is 13.7. The number of hydrogen-bond acceptors (Lipinski definition) is 7. The third-order valence-electron chi connectivity index (χ3n) is 4.91. The summed E-state index contributed by atoms with van der Waals surface area (Å²) in [5.41, 5.74) is 11.9. The molecule has 0 radical (unpaired) electrons. The van der Waals surface area contributed by atoms with Crippen LogP contribution in [0, 0.1) is 11.3 Å². The van der Waals surface area contributed by atoms with Crippen LogP contribution in [0.1, 0.15) is 27.2 Å². The number of nitrogens with two attached hydrogens (primary N) is 2. The molecule has 0 aliphatic carbocycles. The van der Waals surface area contributed by atoms with Gasteiger partial charge in [0.05, 0.1) is 11.1 Å². The fraction of sp³-hybridized carbons (Fsp3) is 0.0909. The largest absolute Gasteiger partial charge is 0.434 e. The molecule has 4 N–H and O–H groups in total. The highest BCUT2D eigenvalue weighted by Gasteiger charge is 2.34. The molecule has 0 unspecified atom stereocenters. The number of carbonyl (C=O) groups is 1. The Balaban J connectivity index is 1.55. The number of alkyl halides is 3. The van der Waals surface area contributed by atoms with E-state index in [2.05, 4.69) is 10.1 Å². The molecule has 0 aliphatic heterocycles. The van der Waals surface area contributed by atoms with E-state index >= 15 is 0 Å². The number of thiophene rings is 1. The third kappa shape index (κ3) is 4.16. The minimum absolute atomic E-state index is 0.115. The van der Waals surface area contributed by atoms with E-state index in [1.54, 1.807) is 12.1 Å². The van der Waals surface area contributed by atoms with Crippen LogP contribution in [-0.2, 0) is 18.1 Å². The van der Waals surface area contributed by atoms with Gasteiger partial charge in [-0.1, -0.05) is 35.5 Å². The number of amidine groups is 1.